The predicted molar refractivity (Wildman–Crippen MR) is 69.2 cm³/mol. The second kappa shape index (κ2) is 4.17. The first-order valence-corrected chi connectivity index (χ1v) is 6.11. The van der Waals surface area contributed by atoms with Crippen LogP contribution >= 0.6 is 11.3 Å². The molecule has 0 unspecified atom stereocenters. The van der Waals surface area contributed by atoms with Gasteiger partial charge >= 0.3 is 0 Å². The molecule has 2 rings (SSSR count). The first-order chi connectivity index (χ1) is 8.56. The van der Waals surface area contributed by atoms with Crippen molar-refractivity contribution in [2.24, 2.45) is 11.7 Å². The van der Waals surface area contributed by atoms with E-state index >= 15 is 0 Å². The summed E-state index contributed by atoms with van der Waals surface area (Å²) in [5, 5.41) is 18.3. The van der Waals surface area contributed by atoms with Crippen LogP contribution in [0.25, 0.3) is 17.5 Å². The molecule has 5 nitrogen and oxygen atoms in total. The molecule has 6 heteroatoms. The highest BCUT2D eigenvalue weighted by Gasteiger charge is 2.27. The summed E-state index contributed by atoms with van der Waals surface area (Å²) in [6.45, 7) is 3.49. The van der Waals surface area contributed by atoms with Crippen molar-refractivity contribution in [2.75, 3.05) is 0 Å². The van der Waals surface area contributed by atoms with Crippen LogP contribution in [0, 0.1) is 28.6 Å². The van der Waals surface area contributed by atoms with Gasteiger partial charge in [0.1, 0.15) is 10.5 Å². The normalized spacial score (nSPS) is 19.4. The molecular weight excluding hydrogens is 248 g/mol. The van der Waals surface area contributed by atoms with Gasteiger partial charge in [-0.2, -0.15) is 10.5 Å². The Morgan fingerprint density at radius 3 is 2.50 bits per heavy atom. The molecule has 18 heavy (non-hydrogen) atoms. The van der Waals surface area contributed by atoms with Gasteiger partial charge in [-0.15, -0.1) is 11.3 Å². The summed E-state index contributed by atoms with van der Waals surface area (Å²) >= 11 is 1.23. The average molecular weight is 258 g/mol. The summed E-state index contributed by atoms with van der Waals surface area (Å²) in [6, 6.07) is 4.05. The smallest absolute Gasteiger partial charge is 0.274 e. The number of nitrogens with two attached hydrogens (primary N) is 1. The van der Waals surface area contributed by atoms with E-state index in [-0.39, 0.29) is 22.9 Å². The minimum Gasteiger partial charge on any atom is -0.384 e. The molecule has 0 saturated heterocycles. The molecule has 0 saturated carbocycles. The Morgan fingerprint density at radius 1 is 1.39 bits per heavy atom. The molecule has 1 aromatic rings. The molecule has 90 valence electrons. The van der Waals surface area contributed by atoms with Gasteiger partial charge in [0.25, 0.3) is 5.56 Å². The monoisotopic (exact) mass is 258 g/mol. The first-order valence-electron chi connectivity index (χ1n) is 5.29. The standard InChI is InChI=1S/C12H10N4OS/c1-3-9-11(17)16-10(15)7(4-13)6(2)8(5-14)12(16)18-9/h3,6H,15H2,1-2H3/b9-3-/t6-/m1/s1. The fourth-order valence-corrected chi connectivity index (χ4v) is 3.05. The van der Waals surface area contributed by atoms with E-state index in [0.717, 1.165) is 0 Å². The second-order valence-corrected chi connectivity index (χ2v) is 4.89. The molecule has 0 bridgehead atoms. The van der Waals surface area contributed by atoms with E-state index in [9.17, 15) is 10.1 Å². The highest BCUT2D eigenvalue weighted by molar-refractivity contribution is 7.07. The van der Waals surface area contributed by atoms with Crippen LogP contribution in [0.1, 0.15) is 13.8 Å². The van der Waals surface area contributed by atoms with E-state index in [1.54, 1.807) is 19.9 Å². The molecule has 1 atom stereocenters. The molecule has 1 aromatic heterocycles. The zero-order chi connectivity index (χ0) is 13.4. The summed E-state index contributed by atoms with van der Waals surface area (Å²) in [7, 11) is 0. The van der Waals surface area contributed by atoms with Gasteiger partial charge in [0, 0.05) is 5.92 Å². The predicted octanol–water partition coefficient (Wildman–Crippen LogP) is -0.315. The highest BCUT2D eigenvalue weighted by atomic mass is 32.1. The molecule has 2 heterocycles. The van der Waals surface area contributed by atoms with E-state index in [1.165, 1.54) is 15.9 Å². The molecule has 0 aromatic carbocycles. The number of nitriles is 2. The van der Waals surface area contributed by atoms with Gasteiger partial charge in [-0.3, -0.25) is 9.36 Å². The van der Waals surface area contributed by atoms with E-state index < -0.39 is 0 Å². The molecule has 1 aliphatic heterocycles. The summed E-state index contributed by atoms with van der Waals surface area (Å²) in [5.41, 5.74) is 6.27. The maximum Gasteiger partial charge on any atom is 0.274 e. The number of nitrogens with zero attached hydrogens (tertiary/aromatic N) is 3. The van der Waals surface area contributed by atoms with Crippen molar-refractivity contribution in [3.05, 3.63) is 25.1 Å². The molecule has 0 radical (unpaired) electrons. The van der Waals surface area contributed by atoms with Gasteiger partial charge in [-0.25, -0.2) is 0 Å². The number of rotatable bonds is 0. The Labute approximate surface area is 107 Å². The third-order valence-electron chi connectivity index (χ3n) is 2.94. The third-order valence-corrected chi connectivity index (χ3v) is 4.17. The summed E-state index contributed by atoms with van der Waals surface area (Å²) in [5.74, 6) is -0.240. The van der Waals surface area contributed by atoms with Gasteiger partial charge in [0.05, 0.1) is 27.8 Å². The minimum absolute atomic E-state index is 0.133. The topological polar surface area (TPSA) is 95.6 Å². The molecule has 1 aliphatic rings. The third kappa shape index (κ3) is 1.40. The zero-order valence-corrected chi connectivity index (χ0v) is 10.7. The van der Waals surface area contributed by atoms with Crippen LogP contribution in [0.15, 0.2) is 10.4 Å². The lowest BCUT2D eigenvalue weighted by Gasteiger charge is -2.17. The van der Waals surface area contributed by atoms with Crippen molar-refractivity contribution in [3.8, 4) is 12.1 Å². The molecule has 0 fully saturated rings. The lowest BCUT2D eigenvalue weighted by atomic mass is 9.93. The fourth-order valence-electron chi connectivity index (χ4n) is 1.94. The van der Waals surface area contributed by atoms with E-state index in [0.29, 0.717) is 14.8 Å². The van der Waals surface area contributed by atoms with E-state index in [1.807, 2.05) is 6.07 Å². The highest BCUT2D eigenvalue weighted by Crippen LogP contribution is 2.24. The van der Waals surface area contributed by atoms with Gasteiger partial charge in [0.15, 0.2) is 0 Å². The van der Waals surface area contributed by atoms with Crippen molar-refractivity contribution < 1.29 is 0 Å². The SMILES string of the molecule is C/C=c1\sc2n(c1=O)C(N)=C(C#N)[C@@H](C)C=2C#N. The van der Waals surface area contributed by atoms with Crippen molar-refractivity contribution in [1.82, 2.24) is 4.57 Å². The zero-order valence-electron chi connectivity index (χ0n) is 9.89. The van der Waals surface area contributed by atoms with Crippen LogP contribution < -0.4 is 20.5 Å². The van der Waals surface area contributed by atoms with Crippen LogP contribution in [-0.4, -0.2) is 4.57 Å². The van der Waals surface area contributed by atoms with Gasteiger partial charge in [0.2, 0.25) is 0 Å². The molecule has 0 aliphatic carbocycles. The Morgan fingerprint density at radius 2 is 2.00 bits per heavy atom. The van der Waals surface area contributed by atoms with E-state index in [2.05, 4.69) is 6.07 Å². The van der Waals surface area contributed by atoms with Crippen molar-refractivity contribution in [1.29, 1.82) is 10.5 Å². The quantitative estimate of drug-likeness (QED) is 0.690. The van der Waals surface area contributed by atoms with Crippen LogP contribution in [0.2, 0.25) is 0 Å². The first kappa shape index (κ1) is 12.2. The Hall–Kier alpha value is -2.31. The molecule has 0 spiro atoms. The number of allylic oxidation sites excluding steroid dienone is 1. The maximum absolute atomic E-state index is 12.1. The average Bonchev–Trinajstić information content (AvgIpc) is 2.68. The van der Waals surface area contributed by atoms with E-state index in [4.69, 9.17) is 11.0 Å². The van der Waals surface area contributed by atoms with Crippen LogP contribution in [-0.2, 0) is 0 Å². The fraction of sp³-hybridized carbons (Fsp3) is 0.250. The lowest BCUT2D eigenvalue weighted by Crippen LogP contribution is -2.38. The number of aromatic nitrogens is 1. The van der Waals surface area contributed by atoms with Crippen LogP contribution in [0.4, 0.5) is 0 Å². The number of hydrogen-bond donors (Lipinski definition) is 1. The summed E-state index contributed by atoms with van der Waals surface area (Å²) in [4.78, 5) is 12.1. The Bertz CT molecular complexity index is 810. The second-order valence-electron chi connectivity index (χ2n) is 3.86. The maximum atomic E-state index is 12.1. The van der Waals surface area contributed by atoms with Crippen LogP contribution in [0.3, 0.4) is 0 Å². The van der Waals surface area contributed by atoms with Crippen molar-refractivity contribution in [3.63, 3.8) is 0 Å². The largest absolute Gasteiger partial charge is 0.384 e. The number of thiazole rings is 1. The van der Waals surface area contributed by atoms with Gasteiger partial charge in [-0.1, -0.05) is 13.0 Å². The molecule has 2 N–H and O–H groups in total. The van der Waals surface area contributed by atoms with Crippen LogP contribution in [0.5, 0.6) is 0 Å². The van der Waals surface area contributed by atoms with Gasteiger partial charge in [-0.05, 0) is 6.92 Å². The lowest BCUT2D eigenvalue weighted by molar-refractivity contribution is 0.843. The van der Waals surface area contributed by atoms with Crippen molar-refractivity contribution >= 4 is 28.8 Å². The Kier molecular flexibility index (Phi) is 2.82. The summed E-state index contributed by atoms with van der Waals surface area (Å²) in [6.07, 6.45) is 1.68. The Balaban J connectivity index is 3.09. The molecular formula is C12H10N4OS. The van der Waals surface area contributed by atoms with Crippen molar-refractivity contribution in [2.45, 2.75) is 13.8 Å². The molecule has 0 amide bonds. The van der Waals surface area contributed by atoms with Gasteiger partial charge < -0.3 is 5.73 Å². The number of fused-ring (bicyclic) bond motifs is 1. The minimum atomic E-state index is -0.372. The summed E-state index contributed by atoms with van der Waals surface area (Å²) < 4.78 is 2.31. The number of hydrogen-bond acceptors (Lipinski definition) is 5.